The van der Waals surface area contributed by atoms with Gasteiger partial charge in [-0.1, -0.05) is 13.8 Å². The molecule has 1 N–H and O–H groups in total. The molecule has 0 aromatic rings. The molecule has 5 heteroatoms. The summed E-state index contributed by atoms with van der Waals surface area (Å²) < 4.78 is 0. The minimum atomic E-state index is -0.906. The highest BCUT2D eigenvalue weighted by atomic mass is 16.2. The van der Waals surface area contributed by atoms with Gasteiger partial charge in [0.05, 0.1) is 0 Å². The first-order valence-corrected chi connectivity index (χ1v) is 7.15. The van der Waals surface area contributed by atoms with E-state index in [2.05, 4.69) is 19.2 Å². The van der Waals surface area contributed by atoms with E-state index >= 15 is 0 Å². The fraction of sp³-hybridized carbons (Fsp3) is 0.786. The number of carbonyl (C=O) groups excluding carboxylic acids is 3. The zero-order chi connectivity index (χ0) is 13.8. The Morgan fingerprint density at radius 2 is 1.84 bits per heavy atom. The van der Waals surface area contributed by atoms with Crippen LogP contribution in [0.25, 0.3) is 0 Å². The summed E-state index contributed by atoms with van der Waals surface area (Å²) in [5, 5.41) is 2.37. The minimum absolute atomic E-state index is 0.0470. The van der Waals surface area contributed by atoms with Crippen LogP contribution in [0.1, 0.15) is 46.0 Å². The van der Waals surface area contributed by atoms with Crippen molar-refractivity contribution in [3.8, 4) is 0 Å². The molecule has 2 saturated carbocycles. The third-order valence-corrected chi connectivity index (χ3v) is 4.97. The van der Waals surface area contributed by atoms with E-state index in [0.717, 1.165) is 19.3 Å². The van der Waals surface area contributed by atoms with E-state index in [0.29, 0.717) is 24.7 Å². The number of hydrogen-bond donors (Lipinski definition) is 1. The van der Waals surface area contributed by atoms with Crippen molar-refractivity contribution >= 4 is 17.8 Å². The van der Waals surface area contributed by atoms with Crippen LogP contribution in [0.5, 0.6) is 0 Å². The third kappa shape index (κ3) is 1.78. The maximum absolute atomic E-state index is 12.5. The van der Waals surface area contributed by atoms with E-state index in [9.17, 15) is 14.4 Å². The predicted octanol–water partition coefficient (Wildman–Crippen LogP) is 1.67. The SMILES string of the molecule is CC1CCC(N2C(=O)NC(=O)C3(CC3)C2=O)C(C)C1. The Bertz CT molecular complexity index is 456. The average molecular weight is 264 g/mol. The molecule has 2 aliphatic carbocycles. The number of urea groups is 1. The van der Waals surface area contributed by atoms with Crippen molar-refractivity contribution in [3.63, 3.8) is 0 Å². The predicted molar refractivity (Wildman–Crippen MR) is 68.0 cm³/mol. The standard InChI is InChI=1S/C14H20N2O3/c1-8-3-4-10(9(2)7-8)16-12(18)14(5-6-14)11(17)15-13(16)19/h8-10H,3-7H2,1-2H3,(H,15,17,19). The fourth-order valence-electron chi connectivity index (χ4n) is 3.60. The lowest BCUT2D eigenvalue weighted by molar-refractivity contribution is -0.147. The highest BCUT2D eigenvalue weighted by Gasteiger charge is 2.63. The molecule has 4 amide bonds. The second-order valence-electron chi connectivity index (χ2n) is 6.48. The van der Waals surface area contributed by atoms with Crippen molar-refractivity contribution in [1.82, 2.24) is 10.2 Å². The number of hydrogen-bond acceptors (Lipinski definition) is 3. The Hall–Kier alpha value is -1.39. The number of rotatable bonds is 1. The average Bonchev–Trinajstić information content (AvgIpc) is 3.11. The molecule has 104 valence electrons. The van der Waals surface area contributed by atoms with Crippen LogP contribution in [-0.2, 0) is 9.59 Å². The first-order chi connectivity index (χ1) is 8.95. The second-order valence-corrected chi connectivity index (χ2v) is 6.48. The molecule has 0 aromatic carbocycles. The van der Waals surface area contributed by atoms with Gasteiger partial charge in [0.25, 0.3) is 0 Å². The molecule has 3 unspecified atom stereocenters. The van der Waals surface area contributed by atoms with Gasteiger partial charge in [0.2, 0.25) is 11.8 Å². The third-order valence-electron chi connectivity index (χ3n) is 4.97. The Morgan fingerprint density at radius 1 is 1.16 bits per heavy atom. The quantitative estimate of drug-likeness (QED) is 0.733. The summed E-state index contributed by atoms with van der Waals surface area (Å²) in [6, 6.07) is -0.562. The van der Waals surface area contributed by atoms with Crippen molar-refractivity contribution in [3.05, 3.63) is 0 Å². The second kappa shape index (κ2) is 4.05. The summed E-state index contributed by atoms with van der Waals surface area (Å²) in [4.78, 5) is 37.7. The highest BCUT2D eigenvalue weighted by molar-refractivity contribution is 6.21. The molecule has 3 fully saturated rings. The first-order valence-electron chi connectivity index (χ1n) is 7.15. The van der Waals surface area contributed by atoms with Crippen LogP contribution in [0.15, 0.2) is 0 Å². The number of carbonyl (C=O) groups is 3. The number of nitrogens with zero attached hydrogens (tertiary/aromatic N) is 1. The summed E-state index contributed by atoms with van der Waals surface area (Å²) in [6.07, 6.45) is 4.08. The molecular weight excluding hydrogens is 244 g/mol. The molecule has 3 atom stereocenters. The Balaban J connectivity index is 1.85. The molecule has 19 heavy (non-hydrogen) atoms. The van der Waals surface area contributed by atoms with E-state index in [4.69, 9.17) is 0 Å². The molecule has 0 radical (unpaired) electrons. The molecular formula is C14H20N2O3. The van der Waals surface area contributed by atoms with Crippen LogP contribution in [0, 0.1) is 17.3 Å². The number of imide groups is 2. The van der Waals surface area contributed by atoms with Gasteiger partial charge in [0, 0.05) is 6.04 Å². The van der Waals surface area contributed by atoms with Gasteiger partial charge in [-0.05, 0) is 43.9 Å². The highest BCUT2D eigenvalue weighted by Crippen LogP contribution is 2.50. The van der Waals surface area contributed by atoms with Crippen molar-refractivity contribution in [2.75, 3.05) is 0 Å². The monoisotopic (exact) mass is 264 g/mol. The summed E-state index contributed by atoms with van der Waals surface area (Å²) in [5.74, 6) is 0.302. The van der Waals surface area contributed by atoms with Crippen LogP contribution < -0.4 is 5.32 Å². The zero-order valence-corrected chi connectivity index (χ0v) is 11.4. The lowest BCUT2D eigenvalue weighted by atomic mass is 9.78. The summed E-state index contributed by atoms with van der Waals surface area (Å²) in [7, 11) is 0. The van der Waals surface area contributed by atoms with Crippen molar-refractivity contribution in [1.29, 1.82) is 0 Å². The van der Waals surface area contributed by atoms with Gasteiger partial charge in [0.1, 0.15) is 5.41 Å². The van der Waals surface area contributed by atoms with E-state index in [1.54, 1.807) is 0 Å². The van der Waals surface area contributed by atoms with Crippen LogP contribution >= 0.6 is 0 Å². The van der Waals surface area contributed by atoms with Gasteiger partial charge >= 0.3 is 6.03 Å². The Kier molecular flexibility index (Phi) is 2.69. The van der Waals surface area contributed by atoms with Crippen LogP contribution in [0.3, 0.4) is 0 Å². The topological polar surface area (TPSA) is 66.5 Å². The molecule has 1 heterocycles. The maximum Gasteiger partial charge on any atom is 0.331 e. The molecule has 3 rings (SSSR count). The van der Waals surface area contributed by atoms with Crippen molar-refractivity contribution < 1.29 is 14.4 Å². The van der Waals surface area contributed by atoms with Crippen LogP contribution in [0.4, 0.5) is 4.79 Å². The summed E-state index contributed by atoms with van der Waals surface area (Å²) in [6.45, 7) is 4.30. The minimum Gasteiger partial charge on any atom is -0.277 e. The zero-order valence-electron chi connectivity index (χ0n) is 11.4. The number of barbiturate groups is 1. The van der Waals surface area contributed by atoms with Gasteiger partial charge in [-0.2, -0.15) is 0 Å². The Labute approximate surface area is 112 Å². The molecule has 5 nitrogen and oxygen atoms in total. The summed E-state index contributed by atoms with van der Waals surface area (Å²) >= 11 is 0. The lowest BCUT2D eigenvalue weighted by Gasteiger charge is -2.42. The van der Waals surface area contributed by atoms with Gasteiger partial charge < -0.3 is 0 Å². The first kappa shape index (κ1) is 12.6. The van der Waals surface area contributed by atoms with Crippen LogP contribution in [0.2, 0.25) is 0 Å². The number of nitrogens with one attached hydrogen (secondary N) is 1. The Morgan fingerprint density at radius 3 is 2.42 bits per heavy atom. The van der Waals surface area contributed by atoms with Gasteiger partial charge in [0.15, 0.2) is 0 Å². The van der Waals surface area contributed by atoms with Gasteiger partial charge in [-0.3, -0.25) is 19.8 Å². The molecule has 0 bridgehead atoms. The fourth-order valence-corrected chi connectivity index (χ4v) is 3.60. The van der Waals surface area contributed by atoms with Crippen molar-refractivity contribution in [2.24, 2.45) is 17.3 Å². The van der Waals surface area contributed by atoms with Crippen molar-refractivity contribution in [2.45, 2.75) is 52.0 Å². The summed E-state index contributed by atoms with van der Waals surface area (Å²) in [5.41, 5.74) is -0.906. The van der Waals surface area contributed by atoms with Crippen LogP contribution in [-0.4, -0.2) is 28.8 Å². The van der Waals surface area contributed by atoms with E-state index in [1.807, 2.05) is 0 Å². The molecule has 1 saturated heterocycles. The van der Waals surface area contributed by atoms with E-state index in [1.165, 1.54) is 4.90 Å². The number of amides is 4. The largest absolute Gasteiger partial charge is 0.331 e. The molecule has 1 spiro atoms. The van der Waals surface area contributed by atoms with Gasteiger partial charge in [-0.25, -0.2) is 4.79 Å². The van der Waals surface area contributed by atoms with E-state index < -0.39 is 17.4 Å². The normalized spacial score (nSPS) is 37.5. The molecule has 3 aliphatic rings. The smallest absolute Gasteiger partial charge is 0.277 e. The molecule has 0 aromatic heterocycles. The lowest BCUT2D eigenvalue weighted by Crippen LogP contribution is -2.63. The van der Waals surface area contributed by atoms with E-state index in [-0.39, 0.29) is 11.9 Å². The molecule has 1 aliphatic heterocycles. The van der Waals surface area contributed by atoms with Gasteiger partial charge in [-0.15, -0.1) is 0 Å². The maximum atomic E-state index is 12.5.